The summed E-state index contributed by atoms with van der Waals surface area (Å²) < 4.78 is 44.2. The van der Waals surface area contributed by atoms with Gasteiger partial charge in [0.2, 0.25) is 0 Å². The molecular formula is C20H18F3N5O2. The molecule has 0 N–H and O–H groups in total. The van der Waals surface area contributed by atoms with Gasteiger partial charge >= 0.3 is 12.1 Å². The van der Waals surface area contributed by atoms with E-state index in [1.165, 1.54) is 0 Å². The van der Waals surface area contributed by atoms with Crippen molar-refractivity contribution in [3.63, 3.8) is 0 Å². The van der Waals surface area contributed by atoms with Crippen LogP contribution in [0.3, 0.4) is 0 Å². The van der Waals surface area contributed by atoms with Crippen molar-refractivity contribution in [2.24, 2.45) is 0 Å². The van der Waals surface area contributed by atoms with Gasteiger partial charge in [-0.05, 0) is 31.9 Å². The van der Waals surface area contributed by atoms with Crippen LogP contribution in [0, 0.1) is 6.92 Å². The molecule has 156 valence electrons. The Bertz CT molecular complexity index is 1050. The van der Waals surface area contributed by atoms with Crippen molar-refractivity contribution in [1.29, 1.82) is 0 Å². The zero-order chi connectivity index (χ0) is 21.3. The number of carbonyl (C=O) groups is 1. The Morgan fingerprint density at radius 1 is 1.30 bits per heavy atom. The summed E-state index contributed by atoms with van der Waals surface area (Å²) in [5, 5.41) is 3.88. The third-order valence-corrected chi connectivity index (χ3v) is 4.97. The molecule has 1 aliphatic rings. The highest BCUT2D eigenvalue weighted by molar-refractivity contribution is 5.82. The maximum Gasteiger partial charge on any atom is 0.471 e. The van der Waals surface area contributed by atoms with Gasteiger partial charge in [-0.2, -0.15) is 13.2 Å². The summed E-state index contributed by atoms with van der Waals surface area (Å²) in [6.07, 6.45) is 0.933. The molecule has 0 spiro atoms. The zero-order valence-corrected chi connectivity index (χ0v) is 16.1. The molecule has 0 bridgehead atoms. The predicted octanol–water partition coefficient (Wildman–Crippen LogP) is 3.77. The van der Waals surface area contributed by atoms with Gasteiger partial charge in [0.15, 0.2) is 11.6 Å². The number of aromatic nitrogens is 4. The van der Waals surface area contributed by atoms with Gasteiger partial charge < -0.3 is 9.42 Å². The highest BCUT2D eigenvalue weighted by Crippen LogP contribution is 2.35. The van der Waals surface area contributed by atoms with Gasteiger partial charge in [0.25, 0.3) is 0 Å². The maximum atomic E-state index is 12.9. The molecule has 30 heavy (non-hydrogen) atoms. The smallest absolute Gasteiger partial charge is 0.356 e. The van der Waals surface area contributed by atoms with E-state index in [4.69, 9.17) is 4.52 Å². The lowest BCUT2D eigenvalue weighted by atomic mass is 9.91. The van der Waals surface area contributed by atoms with E-state index in [1.54, 1.807) is 43.7 Å². The Hall–Kier alpha value is -3.30. The van der Waals surface area contributed by atoms with Crippen LogP contribution in [0.25, 0.3) is 22.7 Å². The molecule has 0 aliphatic carbocycles. The monoisotopic (exact) mass is 417 g/mol. The minimum absolute atomic E-state index is 0.0616. The molecule has 1 aliphatic heterocycles. The number of rotatable bonds is 3. The van der Waals surface area contributed by atoms with E-state index >= 15 is 0 Å². The third kappa shape index (κ3) is 4.03. The summed E-state index contributed by atoms with van der Waals surface area (Å²) in [7, 11) is 0. The molecule has 1 atom stereocenters. The van der Waals surface area contributed by atoms with Crippen molar-refractivity contribution in [2.45, 2.75) is 31.9 Å². The summed E-state index contributed by atoms with van der Waals surface area (Å²) in [6, 6.07) is 5.26. The summed E-state index contributed by atoms with van der Waals surface area (Å²) in [5.41, 5.74) is 2.41. The average molecular weight is 417 g/mol. The number of hydrogen-bond donors (Lipinski definition) is 0. The second kappa shape index (κ2) is 7.85. The third-order valence-electron chi connectivity index (χ3n) is 4.97. The number of aryl methyl sites for hydroxylation is 1. The molecule has 7 nitrogen and oxygen atoms in total. The van der Waals surface area contributed by atoms with Gasteiger partial charge in [0.1, 0.15) is 0 Å². The summed E-state index contributed by atoms with van der Waals surface area (Å²) in [4.78, 5) is 25.7. The summed E-state index contributed by atoms with van der Waals surface area (Å²) in [5.74, 6) is -1.40. The SMILES string of the molecule is Cc1cc(-c2cnc(-c3cccnc3)nc2C2CCCN(C(=O)C(F)(F)F)C2)on1. The number of carbonyl (C=O) groups excluding carboxylic acids is 1. The second-order valence-corrected chi connectivity index (χ2v) is 7.15. The Morgan fingerprint density at radius 2 is 2.13 bits per heavy atom. The number of piperidine rings is 1. The van der Waals surface area contributed by atoms with Crippen LogP contribution in [0.4, 0.5) is 13.2 Å². The van der Waals surface area contributed by atoms with Crippen LogP contribution in [-0.2, 0) is 4.79 Å². The van der Waals surface area contributed by atoms with Crippen LogP contribution in [0.15, 0.2) is 41.3 Å². The summed E-state index contributed by atoms with van der Waals surface area (Å²) in [6.45, 7) is 1.75. The second-order valence-electron chi connectivity index (χ2n) is 7.15. The minimum Gasteiger partial charge on any atom is -0.356 e. The van der Waals surface area contributed by atoms with Crippen molar-refractivity contribution in [1.82, 2.24) is 25.0 Å². The zero-order valence-electron chi connectivity index (χ0n) is 16.1. The molecule has 0 saturated carbocycles. The van der Waals surface area contributed by atoms with Gasteiger partial charge in [0, 0.05) is 49.2 Å². The van der Waals surface area contributed by atoms with Gasteiger partial charge in [-0.1, -0.05) is 5.16 Å². The topological polar surface area (TPSA) is 85.0 Å². The average Bonchev–Trinajstić information content (AvgIpc) is 3.19. The largest absolute Gasteiger partial charge is 0.471 e. The minimum atomic E-state index is -4.90. The normalized spacial score (nSPS) is 17.2. The van der Waals surface area contributed by atoms with E-state index in [1.807, 2.05) is 0 Å². The first kappa shape index (κ1) is 20.0. The quantitative estimate of drug-likeness (QED) is 0.645. The molecule has 1 amide bonds. The first-order chi connectivity index (χ1) is 14.3. The number of hydrogen-bond acceptors (Lipinski definition) is 6. The van der Waals surface area contributed by atoms with Crippen molar-refractivity contribution in [3.05, 3.63) is 48.2 Å². The molecule has 0 radical (unpaired) electrons. The Balaban J connectivity index is 1.75. The van der Waals surface area contributed by atoms with Crippen molar-refractivity contribution >= 4 is 5.91 Å². The molecule has 3 aromatic rings. The molecule has 0 aromatic carbocycles. The Kier molecular flexibility index (Phi) is 5.23. The number of alkyl halides is 3. The van der Waals surface area contributed by atoms with E-state index in [0.29, 0.717) is 46.9 Å². The fraction of sp³-hybridized carbons (Fsp3) is 0.350. The van der Waals surface area contributed by atoms with E-state index in [-0.39, 0.29) is 13.1 Å². The standard InChI is InChI=1S/C20H18F3N5O2/c1-12-8-16(30-27-12)15-10-25-18(13-4-2-6-24-9-13)26-17(15)14-5-3-7-28(11-14)19(29)20(21,22)23/h2,4,6,8-10,14H,3,5,7,11H2,1H3. The van der Waals surface area contributed by atoms with Gasteiger partial charge in [-0.25, -0.2) is 9.97 Å². The van der Waals surface area contributed by atoms with Crippen molar-refractivity contribution < 1.29 is 22.5 Å². The molecule has 10 heteroatoms. The van der Waals surface area contributed by atoms with Crippen LogP contribution in [0.1, 0.15) is 30.1 Å². The van der Waals surface area contributed by atoms with E-state index in [0.717, 1.165) is 4.90 Å². The lowest BCUT2D eigenvalue weighted by molar-refractivity contribution is -0.186. The Labute approximate surface area is 170 Å². The van der Waals surface area contributed by atoms with Gasteiger partial charge in [-0.3, -0.25) is 9.78 Å². The first-order valence-electron chi connectivity index (χ1n) is 9.40. The highest BCUT2D eigenvalue weighted by Gasteiger charge is 2.44. The fourth-order valence-electron chi connectivity index (χ4n) is 3.58. The highest BCUT2D eigenvalue weighted by atomic mass is 19.4. The molecule has 4 rings (SSSR count). The number of likely N-dealkylation sites (tertiary alicyclic amines) is 1. The van der Waals surface area contributed by atoms with Crippen LogP contribution in [0.5, 0.6) is 0 Å². The molecular weight excluding hydrogens is 399 g/mol. The van der Waals surface area contributed by atoms with Crippen molar-refractivity contribution in [3.8, 4) is 22.7 Å². The maximum absolute atomic E-state index is 12.9. The molecule has 1 unspecified atom stereocenters. The van der Waals surface area contributed by atoms with Gasteiger partial charge in [-0.15, -0.1) is 0 Å². The fourth-order valence-corrected chi connectivity index (χ4v) is 3.58. The summed E-state index contributed by atoms with van der Waals surface area (Å²) >= 11 is 0. The van der Waals surface area contributed by atoms with E-state index < -0.39 is 18.0 Å². The molecule has 1 saturated heterocycles. The van der Waals surface area contributed by atoms with Crippen LogP contribution in [0.2, 0.25) is 0 Å². The predicted molar refractivity (Wildman–Crippen MR) is 100 cm³/mol. The van der Waals surface area contributed by atoms with E-state index in [9.17, 15) is 18.0 Å². The first-order valence-corrected chi connectivity index (χ1v) is 9.40. The lowest BCUT2D eigenvalue weighted by Crippen LogP contribution is -2.46. The number of amides is 1. The van der Waals surface area contributed by atoms with Crippen LogP contribution < -0.4 is 0 Å². The lowest BCUT2D eigenvalue weighted by Gasteiger charge is -2.33. The Morgan fingerprint density at radius 3 is 2.80 bits per heavy atom. The van der Waals surface area contributed by atoms with Gasteiger partial charge in [0.05, 0.1) is 17.0 Å². The number of halogens is 3. The van der Waals surface area contributed by atoms with Crippen molar-refractivity contribution in [2.75, 3.05) is 13.1 Å². The van der Waals surface area contributed by atoms with E-state index in [2.05, 4.69) is 20.1 Å². The molecule has 1 fully saturated rings. The molecule has 4 heterocycles. The van der Waals surface area contributed by atoms with Crippen LogP contribution in [-0.4, -0.2) is 50.2 Å². The number of pyridine rings is 1. The molecule has 3 aromatic heterocycles. The van der Waals surface area contributed by atoms with Crippen LogP contribution >= 0.6 is 0 Å². The number of nitrogens with zero attached hydrogens (tertiary/aromatic N) is 5.